The van der Waals surface area contributed by atoms with Gasteiger partial charge in [0, 0.05) is 56.8 Å². The largest absolute Gasteiger partial charge is 0.365 e. The Bertz CT molecular complexity index is 1270. The number of carbonyl (C=O) groups excluding carboxylic acids is 1. The van der Waals surface area contributed by atoms with Crippen LogP contribution in [0.4, 0.5) is 11.6 Å². The lowest BCUT2D eigenvalue weighted by molar-refractivity contribution is 0.0998. The molecular formula is C27H35N7O2. The van der Waals surface area contributed by atoms with Gasteiger partial charge in [-0.2, -0.15) is 4.98 Å². The normalized spacial score (nSPS) is 17.9. The van der Waals surface area contributed by atoms with Crippen LogP contribution >= 0.6 is 0 Å². The maximum Gasteiger partial charge on any atom is 0.254 e. The number of nitrogens with two attached hydrogens (primary N) is 1. The molecular weight excluding hydrogens is 454 g/mol. The van der Waals surface area contributed by atoms with Crippen LogP contribution in [-0.4, -0.2) is 70.0 Å². The minimum atomic E-state index is -0.721. The second-order valence-electron chi connectivity index (χ2n) is 10.1. The topological polar surface area (TPSA) is 109 Å². The van der Waals surface area contributed by atoms with Crippen LogP contribution in [0.1, 0.15) is 54.1 Å². The van der Waals surface area contributed by atoms with Gasteiger partial charge in [-0.05, 0) is 44.0 Å². The predicted molar refractivity (Wildman–Crippen MR) is 142 cm³/mol. The van der Waals surface area contributed by atoms with Gasteiger partial charge in [0.2, 0.25) is 11.4 Å². The summed E-state index contributed by atoms with van der Waals surface area (Å²) in [7, 11) is 2.18. The van der Waals surface area contributed by atoms with E-state index in [0.717, 1.165) is 70.5 Å². The van der Waals surface area contributed by atoms with Gasteiger partial charge in [-0.15, -0.1) is 0 Å². The van der Waals surface area contributed by atoms with E-state index >= 15 is 0 Å². The summed E-state index contributed by atoms with van der Waals surface area (Å²) in [5.74, 6) is -0.301. The van der Waals surface area contributed by atoms with Gasteiger partial charge in [-0.3, -0.25) is 9.59 Å². The number of rotatable bonds is 7. The number of pyridine rings is 1. The first kappa shape index (κ1) is 24.4. The SMILES string of the molecule is CN1CCN(CCc2ccc(Nc3ncc4c(=O)c(C(N)=O)cn(C5CCCCC5)c4n3)cc2)CC1. The van der Waals surface area contributed by atoms with Crippen molar-refractivity contribution < 1.29 is 4.79 Å². The molecule has 1 aliphatic carbocycles. The van der Waals surface area contributed by atoms with Crippen LogP contribution in [-0.2, 0) is 6.42 Å². The zero-order valence-corrected chi connectivity index (χ0v) is 20.9. The molecule has 2 fully saturated rings. The summed E-state index contributed by atoms with van der Waals surface area (Å²) in [6.45, 7) is 5.59. The summed E-state index contributed by atoms with van der Waals surface area (Å²) < 4.78 is 1.96. The smallest absolute Gasteiger partial charge is 0.254 e. The van der Waals surface area contributed by atoms with Gasteiger partial charge in [0.15, 0.2) is 0 Å². The summed E-state index contributed by atoms with van der Waals surface area (Å²) in [6, 6.07) is 8.53. The number of nitrogens with zero attached hydrogens (tertiary/aromatic N) is 5. The van der Waals surface area contributed by atoms with Gasteiger partial charge in [-0.25, -0.2) is 4.98 Å². The average molecular weight is 490 g/mol. The van der Waals surface area contributed by atoms with Crippen molar-refractivity contribution in [2.45, 2.75) is 44.6 Å². The van der Waals surface area contributed by atoms with Crippen LogP contribution < -0.4 is 16.5 Å². The molecule has 0 radical (unpaired) electrons. The molecule has 9 heteroatoms. The van der Waals surface area contributed by atoms with Crippen LogP contribution in [0.3, 0.4) is 0 Å². The van der Waals surface area contributed by atoms with Crippen molar-refractivity contribution >= 4 is 28.6 Å². The van der Waals surface area contributed by atoms with E-state index < -0.39 is 11.3 Å². The average Bonchev–Trinajstić information content (AvgIpc) is 2.90. The number of primary amides is 1. The molecule has 1 aliphatic heterocycles. The molecule has 1 amide bonds. The van der Waals surface area contributed by atoms with Crippen LogP contribution in [0.5, 0.6) is 0 Å². The Labute approximate surface area is 211 Å². The number of hydrogen-bond acceptors (Lipinski definition) is 7. The molecule has 2 aromatic heterocycles. The number of amides is 1. The highest BCUT2D eigenvalue weighted by Crippen LogP contribution is 2.30. The fourth-order valence-corrected chi connectivity index (χ4v) is 5.25. The van der Waals surface area contributed by atoms with Crippen LogP contribution in [0, 0.1) is 0 Å². The summed E-state index contributed by atoms with van der Waals surface area (Å²) in [5.41, 5.74) is 7.80. The monoisotopic (exact) mass is 489 g/mol. The summed E-state index contributed by atoms with van der Waals surface area (Å²) in [6.07, 6.45) is 9.51. The molecule has 5 rings (SSSR count). The minimum Gasteiger partial charge on any atom is -0.365 e. The molecule has 0 atom stereocenters. The number of carbonyl (C=O) groups is 1. The number of likely N-dealkylation sites (N-methyl/N-ethyl adjacent to an activating group) is 1. The Kier molecular flexibility index (Phi) is 7.29. The Morgan fingerprint density at radius 3 is 2.50 bits per heavy atom. The summed E-state index contributed by atoms with van der Waals surface area (Å²) in [5, 5.41) is 3.60. The highest BCUT2D eigenvalue weighted by molar-refractivity contribution is 5.95. The first-order valence-corrected chi connectivity index (χ1v) is 13.0. The van der Waals surface area contributed by atoms with Crippen molar-refractivity contribution in [1.29, 1.82) is 0 Å². The Balaban J connectivity index is 1.34. The van der Waals surface area contributed by atoms with Crippen LogP contribution in [0.2, 0.25) is 0 Å². The minimum absolute atomic E-state index is 0.00968. The third-order valence-corrected chi connectivity index (χ3v) is 7.53. The molecule has 0 spiro atoms. The maximum atomic E-state index is 12.9. The lowest BCUT2D eigenvalue weighted by Crippen LogP contribution is -2.45. The number of piperazine rings is 1. The molecule has 0 bridgehead atoms. The lowest BCUT2D eigenvalue weighted by atomic mass is 9.95. The lowest BCUT2D eigenvalue weighted by Gasteiger charge is -2.32. The van der Waals surface area contributed by atoms with E-state index in [4.69, 9.17) is 10.7 Å². The van der Waals surface area contributed by atoms with Crippen LogP contribution in [0.25, 0.3) is 11.0 Å². The molecule has 0 unspecified atom stereocenters. The molecule has 2 aliphatic rings. The second-order valence-corrected chi connectivity index (χ2v) is 10.1. The van der Waals surface area contributed by atoms with Crippen molar-refractivity contribution in [3.05, 3.63) is 58.0 Å². The van der Waals surface area contributed by atoms with E-state index in [-0.39, 0.29) is 11.6 Å². The van der Waals surface area contributed by atoms with Crippen LogP contribution in [0.15, 0.2) is 41.5 Å². The van der Waals surface area contributed by atoms with Gasteiger partial charge in [0.25, 0.3) is 5.91 Å². The van der Waals surface area contributed by atoms with Crippen molar-refractivity contribution in [3.63, 3.8) is 0 Å². The summed E-state index contributed by atoms with van der Waals surface area (Å²) >= 11 is 0. The zero-order chi connectivity index (χ0) is 25.1. The second kappa shape index (κ2) is 10.8. The molecule has 1 saturated carbocycles. The van der Waals surface area contributed by atoms with E-state index in [1.54, 1.807) is 6.20 Å². The highest BCUT2D eigenvalue weighted by atomic mass is 16.2. The van der Waals surface area contributed by atoms with Crippen molar-refractivity contribution in [3.8, 4) is 0 Å². The maximum absolute atomic E-state index is 12.9. The zero-order valence-electron chi connectivity index (χ0n) is 20.9. The molecule has 3 aromatic rings. The number of nitrogens with one attached hydrogen (secondary N) is 1. The molecule has 3 N–H and O–H groups in total. The van der Waals surface area contributed by atoms with Gasteiger partial charge in [0.1, 0.15) is 11.2 Å². The van der Waals surface area contributed by atoms with E-state index in [0.29, 0.717) is 17.0 Å². The molecule has 190 valence electrons. The quantitative estimate of drug-likeness (QED) is 0.525. The Hall–Kier alpha value is -3.30. The predicted octanol–water partition coefficient (Wildman–Crippen LogP) is 2.93. The number of fused-ring (bicyclic) bond motifs is 1. The molecule has 1 saturated heterocycles. The Morgan fingerprint density at radius 2 is 1.81 bits per heavy atom. The highest BCUT2D eigenvalue weighted by Gasteiger charge is 2.22. The van der Waals surface area contributed by atoms with Crippen molar-refractivity contribution in [2.24, 2.45) is 5.73 Å². The standard InChI is InChI=1S/C27H35N7O2/c1-32-13-15-33(16-14-32)12-11-19-7-9-20(10-8-19)30-27-29-17-22-24(35)23(25(28)36)18-34(26(22)31-27)21-5-3-2-4-6-21/h7-10,17-18,21H,2-6,11-16H2,1H3,(H2,28,36)(H,29,30,31). The third kappa shape index (κ3) is 5.42. The molecule has 3 heterocycles. The fraction of sp³-hybridized carbons (Fsp3) is 0.481. The van der Waals surface area contributed by atoms with E-state index in [2.05, 4.69) is 39.3 Å². The molecule has 36 heavy (non-hydrogen) atoms. The first-order chi connectivity index (χ1) is 17.5. The van der Waals surface area contributed by atoms with E-state index in [1.165, 1.54) is 18.2 Å². The number of hydrogen-bond donors (Lipinski definition) is 2. The molecule has 9 nitrogen and oxygen atoms in total. The number of anilines is 2. The fourth-order valence-electron chi connectivity index (χ4n) is 5.25. The van der Waals surface area contributed by atoms with Gasteiger partial charge >= 0.3 is 0 Å². The van der Waals surface area contributed by atoms with Gasteiger partial charge in [-0.1, -0.05) is 31.4 Å². The van der Waals surface area contributed by atoms with E-state index in [1.807, 2.05) is 16.7 Å². The van der Waals surface area contributed by atoms with Crippen molar-refractivity contribution in [1.82, 2.24) is 24.3 Å². The van der Waals surface area contributed by atoms with Gasteiger partial charge < -0.3 is 25.4 Å². The van der Waals surface area contributed by atoms with E-state index in [9.17, 15) is 9.59 Å². The number of benzene rings is 1. The Morgan fingerprint density at radius 1 is 1.08 bits per heavy atom. The van der Waals surface area contributed by atoms with Crippen molar-refractivity contribution in [2.75, 3.05) is 45.1 Å². The molecule has 1 aromatic carbocycles. The first-order valence-electron chi connectivity index (χ1n) is 13.0. The van der Waals surface area contributed by atoms with Gasteiger partial charge in [0.05, 0.1) is 5.39 Å². The summed E-state index contributed by atoms with van der Waals surface area (Å²) in [4.78, 5) is 38.8. The third-order valence-electron chi connectivity index (χ3n) is 7.53. The number of aromatic nitrogens is 3.